The van der Waals surface area contributed by atoms with Gasteiger partial charge < -0.3 is 0 Å². The van der Waals surface area contributed by atoms with E-state index in [0.717, 1.165) is 31.5 Å². The minimum Gasteiger partial charge on any atom is -0.273 e. The highest BCUT2D eigenvalue weighted by Gasteiger charge is 2.54. The molecule has 4 aliphatic carbocycles. The molecule has 0 spiro atoms. The van der Waals surface area contributed by atoms with Crippen LogP contribution in [0.4, 0.5) is 13.2 Å². The number of halogens is 3. The first-order chi connectivity index (χ1) is 11.9. The molecular weight excluding hydrogens is 329 g/mol. The number of alkyl halides is 3. The molecule has 0 heterocycles. The van der Waals surface area contributed by atoms with Gasteiger partial charge in [-0.2, -0.15) is 18.3 Å². The maximum Gasteiger partial charge on any atom is 0.417 e. The third kappa shape index (κ3) is 3.07. The smallest absolute Gasteiger partial charge is 0.273 e. The summed E-state index contributed by atoms with van der Waals surface area (Å²) in [6, 6.07) is 5.23. The number of benzene rings is 1. The van der Waals surface area contributed by atoms with Gasteiger partial charge in [0.05, 0.1) is 17.2 Å². The average Bonchev–Trinajstić information content (AvgIpc) is 2.53. The Kier molecular flexibility index (Phi) is 3.89. The van der Waals surface area contributed by atoms with Crippen LogP contribution in [-0.2, 0) is 11.0 Å². The molecule has 0 unspecified atom stereocenters. The van der Waals surface area contributed by atoms with Gasteiger partial charge in [0.15, 0.2) is 0 Å². The molecule has 1 N–H and O–H groups in total. The lowest BCUT2D eigenvalue weighted by Crippen LogP contribution is -2.52. The van der Waals surface area contributed by atoms with Crippen molar-refractivity contribution in [3.63, 3.8) is 0 Å². The summed E-state index contributed by atoms with van der Waals surface area (Å²) in [6.45, 7) is 0. The molecule has 0 saturated heterocycles. The van der Waals surface area contributed by atoms with Crippen LogP contribution in [-0.4, -0.2) is 12.1 Å². The van der Waals surface area contributed by atoms with E-state index in [2.05, 4.69) is 10.5 Å². The van der Waals surface area contributed by atoms with Gasteiger partial charge in [-0.25, -0.2) is 5.43 Å². The van der Waals surface area contributed by atoms with E-state index >= 15 is 0 Å². The molecular formula is C19H21F3N2O. The summed E-state index contributed by atoms with van der Waals surface area (Å²) in [6.07, 6.45) is 3.06. The monoisotopic (exact) mass is 350 g/mol. The molecule has 5 rings (SSSR count). The summed E-state index contributed by atoms with van der Waals surface area (Å²) in [5, 5.41) is 3.85. The van der Waals surface area contributed by atoms with E-state index in [9.17, 15) is 18.0 Å². The minimum absolute atomic E-state index is 0.0409. The molecule has 0 radical (unpaired) electrons. The second-order valence-electron chi connectivity index (χ2n) is 7.98. The van der Waals surface area contributed by atoms with Gasteiger partial charge in [0.25, 0.3) is 0 Å². The van der Waals surface area contributed by atoms with Gasteiger partial charge in [-0.05, 0) is 62.3 Å². The number of rotatable bonds is 3. The normalized spacial score (nSPS) is 33.8. The Hall–Kier alpha value is -1.85. The first kappa shape index (κ1) is 16.6. The Morgan fingerprint density at radius 1 is 1.08 bits per heavy atom. The first-order valence-electron chi connectivity index (χ1n) is 8.85. The van der Waals surface area contributed by atoms with Gasteiger partial charge in [-0.1, -0.05) is 18.2 Å². The van der Waals surface area contributed by atoms with E-state index in [-0.39, 0.29) is 16.9 Å². The molecule has 4 fully saturated rings. The van der Waals surface area contributed by atoms with Crippen molar-refractivity contribution in [2.75, 3.05) is 0 Å². The Morgan fingerprint density at radius 2 is 1.64 bits per heavy atom. The number of nitrogens with one attached hydrogen (secondary N) is 1. The fourth-order valence-corrected chi connectivity index (χ4v) is 5.54. The quantitative estimate of drug-likeness (QED) is 0.638. The molecule has 25 heavy (non-hydrogen) atoms. The van der Waals surface area contributed by atoms with Gasteiger partial charge in [-0.15, -0.1) is 0 Å². The van der Waals surface area contributed by atoms with Gasteiger partial charge >= 0.3 is 6.18 Å². The van der Waals surface area contributed by atoms with E-state index in [1.54, 1.807) is 0 Å². The van der Waals surface area contributed by atoms with Crippen molar-refractivity contribution in [1.29, 1.82) is 0 Å². The Morgan fingerprint density at radius 3 is 2.20 bits per heavy atom. The summed E-state index contributed by atoms with van der Waals surface area (Å²) in [5.41, 5.74) is 1.39. The number of hydrogen-bond donors (Lipinski definition) is 1. The van der Waals surface area contributed by atoms with Crippen LogP contribution in [0.5, 0.6) is 0 Å². The summed E-state index contributed by atoms with van der Waals surface area (Å²) in [4.78, 5) is 12.7. The van der Waals surface area contributed by atoms with Gasteiger partial charge in [0.2, 0.25) is 5.91 Å². The molecule has 0 aliphatic heterocycles. The predicted octanol–water partition coefficient (Wildman–Crippen LogP) is 4.37. The van der Waals surface area contributed by atoms with Gasteiger partial charge in [-0.3, -0.25) is 4.79 Å². The van der Waals surface area contributed by atoms with Crippen molar-refractivity contribution in [2.24, 2.45) is 28.3 Å². The van der Waals surface area contributed by atoms with Crippen LogP contribution in [0.1, 0.15) is 49.7 Å². The second-order valence-corrected chi connectivity index (χ2v) is 7.98. The Labute approximate surface area is 144 Å². The number of carbonyl (C=O) groups is 1. The zero-order valence-electron chi connectivity index (χ0n) is 13.9. The van der Waals surface area contributed by atoms with Crippen LogP contribution in [0.3, 0.4) is 0 Å². The molecule has 134 valence electrons. The van der Waals surface area contributed by atoms with Crippen molar-refractivity contribution < 1.29 is 18.0 Å². The van der Waals surface area contributed by atoms with Crippen LogP contribution >= 0.6 is 0 Å². The minimum atomic E-state index is -4.44. The average molecular weight is 350 g/mol. The van der Waals surface area contributed by atoms with Crippen molar-refractivity contribution in [3.05, 3.63) is 35.4 Å². The summed E-state index contributed by atoms with van der Waals surface area (Å²) in [7, 11) is 0. The molecule has 6 heteroatoms. The fraction of sp³-hybridized carbons (Fsp3) is 0.579. The molecule has 4 aliphatic rings. The zero-order valence-corrected chi connectivity index (χ0v) is 13.9. The molecule has 0 atom stereocenters. The maximum atomic E-state index is 13.0. The Balaban J connectivity index is 1.47. The molecule has 4 bridgehead atoms. The Bertz CT molecular complexity index is 676. The van der Waals surface area contributed by atoms with Crippen LogP contribution in [0.2, 0.25) is 0 Å². The first-order valence-corrected chi connectivity index (χ1v) is 8.85. The highest BCUT2D eigenvalue weighted by molar-refractivity contribution is 5.86. The standard InChI is InChI=1S/C19H21F3N2O/c20-19(21,22)16-4-2-1-3-15(16)11-23-24-17(25)18-8-12-5-13(9-18)7-14(6-12)10-18/h1-4,11-14H,5-10H2,(H,24,25)/b23-11-. The lowest BCUT2D eigenvalue weighted by atomic mass is 9.49. The SMILES string of the molecule is O=C(N/N=C\c1ccccc1C(F)(F)F)C12CC3CC(CC(C3)C1)C2. The molecule has 1 amide bonds. The van der Waals surface area contributed by atoms with E-state index in [1.165, 1.54) is 37.5 Å². The van der Waals surface area contributed by atoms with Crippen LogP contribution < -0.4 is 5.43 Å². The maximum absolute atomic E-state index is 13.0. The van der Waals surface area contributed by atoms with E-state index in [4.69, 9.17) is 0 Å². The van der Waals surface area contributed by atoms with Crippen LogP contribution in [0.15, 0.2) is 29.4 Å². The fourth-order valence-electron chi connectivity index (χ4n) is 5.54. The number of hydrogen-bond acceptors (Lipinski definition) is 2. The largest absolute Gasteiger partial charge is 0.417 e. The molecule has 3 nitrogen and oxygen atoms in total. The highest BCUT2D eigenvalue weighted by Crippen LogP contribution is 2.60. The third-order valence-electron chi connectivity index (χ3n) is 6.16. The third-order valence-corrected chi connectivity index (χ3v) is 6.16. The lowest BCUT2D eigenvalue weighted by molar-refractivity contribution is -0.146. The van der Waals surface area contributed by atoms with Crippen LogP contribution in [0.25, 0.3) is 0 Å². The summed E-state index contributed by atoms with van der Waals surface area (Å²) >= 11 is 0. The summed E-state index contributed by atoms with van der Waals surface area (Å²) < 4.78 is 39.0. The number of carbonyl (C=O) groups excluding carboxylic acids is 1. The van der Waals surface area contributed by atoms with Crippen molar-refractivity contribution in [2.45, 2.75) is 44.7 Å². The van der Waals surface area contributed by atoms with E-state index in [0.29, 0.717) is 17.8 Å². The summed E-state index contributed by atoms with van der Waals surface area (Å²) in [5.74, 6) is 1.78. The second kappa shape index (κ2) is 5.85. The zero-order chi connectivity index (χ0) is 17.7. The van der Waals surface area contributed by atoms with Crippen LogP contribution in [0, 0.1) is 23.2 Å². The van der Waals surface area contributed by atoms with E-state index in [1.807, 2.05) is 0 Å². The number of nitrogens with zero attached hydrogens (tertiary/aromatic N) is 1. The van der Waals surface area contributed by atoms with E-state index < -0.39 is 11.7 Å². The molecule has 1 aromatic rings. The van der Waals surface area contributed by atoms with Crippen molar-refractivity contribution >= 4 is 12.1 Å². The van der Waals surface area contributed by atoms with Gasteiger partial charge in [0, 0.05) is 5.56 Å². The number of amides is 1. The molecule has 4 saturated carbocycles. The number of hydrazone groups is 1. The highest BCUT2D eigenvalue weighted by atomic mass is 19.4. The van der Waals surface area contributed by atoms with Crippen molar-refractivity contribution in [3.8, 4) is 0 Å². The van der Waals surface area contributed by atoms with Crippen molar-refractivity contribution in [1.82, 2.24) is 5.43 Å². The predicted molar refractivity (Wildman–Crippen MR) is 87.8 cm³/mol. The topological polar surface area (TPSA) is 41.5 Å². The van der Waals surface area contributed by atoms with Gasteiger partial charge in [0.1, 0.15) is 0 Å². The molecule has 1 aromatic carbocycles. The lowest BCUT2D eigenvalue weighted by Gasteiger charge is -2.55. The molecule has 0 aromatic heterocycles.